The highest BCUT2D eigenvalue weighted by Crippen LogP contribution is 2.40. The Morgan fingerprint density at radius 1 is 1.53 bits per heavy atom. The Hall–Kier alpha value is -1.62. The van der Waals surface area contributed by atoms with Gasteiger partial charge in [-0.2, -0.15) is 0 Å². The van der Waals surface area contributed by atoms with E-state index in [0.29, 0.717) is 10.2 Å². The van der Waals surface area contributed by atoms with Gasteiger partial charge in [-0.3, -0.25) is 0 Å². The van der Waals surface area contributed by atoms with Gasteiger partial charge in [-0.15, -0.1) is 11.3 Å². The van der Waals surface area contributed by atoms with E-state index in [4.69, 9.17) is 0 Å². The second-order valence-corrected chi connectivity index (χ2v) is 5.01. The molecule has 5 heteroatoms. The maximum absolute atomic E-state index is 11.5. The fraction of sp³-hybridized carbons (Fsp3) is 0.333. The highest BCUT2D eigenvalue weighted by Gasteiger charge is 2.22. The van der Waals surface area contributed by atoms with Crippen LogP contribution in [0.1, 0.15) is 35.0 Å². The van der Waals surface area contributed by atoms with Gasteiger partial charge < -0.3 is 9.84 Å². The van der Waals surface area contributed by atoms with Crippen LogP contribution in [0.3, 0.4) is 0 Å². The van der Waals surface area contributed by atoms with E-state index in [1.807, 2.05) is 19.9 Å². The van der Waals surface area contributed by atoms with E-state index in [1.54, 1.807) is 6.20 Å². The van der Waals surface area contributed by atoms with Gasteiger partial charge in [0, 0.05) is 6.20 Å². The second kappa shape index (κ2) is 4.33. The van der Waals surface area contributed by atoms with Crippen LogP contribution in [0, 0.1) is 0 Å². The quantitative estimate of drug-likeness (QED) is 0.834. The van der Waals surface area contributed by atoms with Gasteiger partial charge in [0.1, 0.15) is 4.83 Å². The maximum atomic E-state index is 11.5. The van der Waals surface area contributed by atoms with Crippen LogP contribution in [0.5, 0.6) is 5.75 Å². The Morgan fingerprint density at radius 2 is 2.24 bits per heavy atom. The molecule has 0 aliphatic carbocycles. The van der Waals surface area contributed by atoms with Gasteiger partial charge in [0.25, 0.3) is 0 Å². The number of hydrogen-bond donors (Lipinski definition) is 1. The minimum absolute atomic E-state index is 0.0198. The smallest absolute Gasteiger partial charge is 0.351 e. The second-order valence-electron chi connectivity index (χ2n) is 4.01. The molecular weight excluding hydrogens is 238 g/mol. The summed E-state index contributed by atoms with van der Waals surface area (Å²) in [4.78, 5) is 16.5. The van der Waals surface area contributed by atoms with Gasteiger partial charge in [-0.05, 0) is 17.5 Å². The molecule has 2 heterocycles. The third-order valence-electron chi connectivity index (χ3n) is 2.59. The maximum Gasteiger partial charge on any atom is 0.351 e. The van der Waals surface area contributed by atoms with Crippen molar-refractivity contribution < 1.29 is 14.6 Å². The van der Waals surface area contributed by atoms with Gasteiger partial charge >= 0.3 is 5.97 Å². The number of rotatable bonds is 2. The monoisotopic (exact) mass is 251 g/mol. The molecule has 0 radical (unpaired) electrons. The molecule has 0 aromatic carbocycles. The average molecular weight is 251 g/mol. The zero-order valence-corrected chi connectivity index (χ0v) is 10.7. The van der Waals surface area contributed by atoms with E-state index >= 15 is 0 Å². The summed E-state index contributed by atoms with van der Waals surface area (Å²) in [5.41, 5.74) is 0.985. The molecule has 0 aliphatic heterocycles. The average Bonchev–Trinajstić information content (AvgIpc) is 2.66. The van der Waals surface area contributed by atoms with Crippen LogP contribution in [-0.2, 0) is 4.74 Å². The van der Waals surface area contributed by atoms with Crippen LogP contribution in [0.25, 0.3) is 10.2 Å². The molecule has 2 rings (SSSR count). The summed E-state index contributed by atoms with van der Waals surface area (Å²) >= 11 is 1.15. The summed E-state index contributed by atoms with van der Waals surface area (Å²) in [6.07, 6.45) is 1.69. The molecule has 0 bridgehead atoms. The molecule has 0 atom stereocenters. The standard InChI is InChI=1S/C12H13NO3S/c1-6(2)7-4-5-13-11-8(7)9(14)10(17-11)12(15)16-3/h4-6,14H,1-3H3. The fourth-order valence-electron chi connectivity index (χ4n) is 1.74. The molecule has 0 fully saturated rings. The van der Waals surface area contributed by atoms with Gasteiger partial charge in [0.05, 0.1) is 12.5 Å². The highest BCUT2D eigenvalue weighted by molar-refractivity contribution is 7.20. The van der Waals surface area contributed by atoms with E-state index in [1.165, 1.54) is 7.11 Å². The van der Waals surface area contributed by atoms with Crippen molar-refractivity contribution in [2.24, 2.45) is 0 Å². The number of nitrogens with zero attached hydrogens (tertiary/aromatic N) is 1. The van der Waals surface area contributed by atoms with Crippen LogP contribution in [0.4, 0.5) is 0 Å². The summed E-state index contributed by atoms with van der Waals surface area (Å²) in [5, 5.41) is 10.8. The lowest BCUT2D eigenvalue weighted by atomic mass is 10.0. The molecule has 2 aromatic rings. The largest absolute Gasteiger partial charge is 0.505 e. The molecule has 0 aliphatic rings. The number of aromatic nitrogens is 1. The van der Waals surface area contributed by atoms with Crippen molar-refractivity contribution in [1.82, 2.24) is 4.98 Å². The van der Waals surface area contributed by atoms with Crippen molar-refractivity contribution in [3.8, 4) is 5.75 Å². The summed E-state index contributed by atoms with van der Waals surface area (Å²) < 4.78 is 4.63. The number of pyridine rings is 1. The predicted octanol–water partition coefficient (Wildman–Crippen LogP) is 2.91. The number of thiophene rings is 1. The molecule has 2 aromatic heterocycles. The number of carbonyl (C=O) groups is 1. The van der Waals surface area contributed by atoms with Crippen LogP contribution >= 0.6 is 11.3 Å². The number of esters is 1. The lowest BCUT2D eigenvalue weighted by Crippen LogP contribution is -1.97. The van der Waals surface area contributed by atoms with Crippen molar-refractivity contribution in [2.75, 3.05) is 7.11 Å². The molecule has 1 N–H and O–H groups in total. The van der Waals surface area contributed by atoms with E-state index in [-0.39, 0.29) is 16.5 Å². The summed E-state index contributed by atoms with van der Waals surface area (Å²) in [6, 6.07) is 1.86. The summed E-state index contributed by atoms with van der Waals surface area (Å²) in [7, 11) is 1.29. The fourth-order valence-corrected chi connectivity index (χ4v) is 2.73. The SMILES string of the molecule is COC(=O)c1sc2nccc(C(C)C)c2c1O. The predicted molar refractivity (Wildman–Crippen MR) is 66.7 cm³/mol. The molecule has 0 amide bonds. The first-order chi connectivity index (χ1) is 8.06. The van der Waals surface area contributed by atoms with Crippen molar-refractivity contribution in [3.63, 3.8) is 0 Å². The van der Waals surface area contributed by atoms with Gasteiger partial charge in [-0.25, -0.2) is 9.78 Å². The van der Waals surface area contributed by atoms with E-state index in [2.05, 4.69) is 9.72 Å². The Balaban J connectivity index is 2.74. The highest BCUT2D eigenvalue weighted by atomic mass is 32.1. The van der Waals surface area contributed by atoms with Gasteiger partial charge in [0.15, 0.2) is 10.6 Å². The first kappa shape index (κ1) is 11.9. The van der Waals surface area contributed by atoms with Crippen molar-refractivity contribution in [3.05, 3.63) is 22.7 Å². The molecule has 17 heavy (non-hydrogen) atoms. The zero-order chi connectivity index (χ0) is 12.6. The Kier molecular flexibility index (Phi) is 3.02. The van der Waals surface area contributed by atoms with Gasteiger partial charge in [0.2, 0.25) is 0 Å². The number of ether oxygens (including phenoxy) is 1. The number of methoxy groups -OCH3 is 1. The molecule has 0 unspecified atom stereocenters. The van der Waals surface area contributed by atoms with Crippen LogP contribution in [0.2, 0.25) is 0 Å². The Labute approximate surface area is 103 Å². The van der Waals surface area contributed by atoms with E-state index in [9.17, 15) is 9.90 Å². The molecule has 0 saturated heterocycles. The zero-order valence-electron chi connectivity index (χ0n) is 9.85. The summed E-state index contributed by atoms with van der Waals surface area (Å²) in [6.45, 7) is 4.06. The van der Waals surface area contributed by atoms with E-state index in [0.717, 1.165) is 16.9 Å². The number of hydrogen-bond acceptors (Lipinski definition) is 5. The van der Waals surface area contributed by atoms with Crippen LogP contribution in [-0.4, -0.2) is 23.2 Å². The van der Waals surface area contributed by atoms with Crippen LogP contribution < -0.4 is 0 Å². The first-order valence-electron chi connectivity index (χ1n) is 5.25. The third kappa shape index (κ3) is 1.86. The third-order valence-corrected chi connectivity index (χ3v) is 3.66. The minimum atomic E-state index is -0.528. The van der Waals surface area contributed by atoms with Crippen molar-refractivity contribution in [1.29, 1.82) is 0 Å². The minimum Gasteiger partial charge on any atom is -0.505 e. The topological polar surface area (TPSA) is 59.4 Å². The Bertz CT molecular complexity index is 574. The normalized spacial score (nSPS) is 11.1. The molecule has 90 valence electrons. The Morgan fingerprint density at radius 3 is 2.82 bits per heavy atom. The van der Waals surface area contributed by atoms with Crippen molar-refractivity contribution in [2.45, 2.75) is 19.8 Å². The molecule has 0 spiro atoms. The molecular formula is C12H13NO3S. The number of carbonyl (C=O) groups excluding carboxylic acids is 1. The lowest BCUT2D eigenvalue weighted by molar-refractivity contribution is 0.0603. The first-order valence-corrected chi connectivity index (χ1v) is 6.06. The summed E-state index contributed by atoms with van der Waals surface area (Å²) in [5.74, 6) is -0.291. The molecule has 0 saturated carbocycles. The van der Waals surface area contributed by atoms with Crippen molar-refractivity contribution >= 4 is 27.5 Å². The number of aromatic hydroxyl groups is 1. The lowest BCUT2D eigenvalue weighted by Gasteiger charge is -2.06. The van der Waals surface area contributed by atoms with Gasteiger partial charge in [-0.1, -0.05) is 13.8 Å². The molecule has 4 nitrogen and oxygen atoms in total. The van der Waals surface area contributed by atoms with E-state index < -0.39 is 5.97 Å². The van der Waals surface area contributed by atoms with Crippen LogP contribution in [0.15, 0.2) is 12.3 Å². The number of fused-ring (bicyclic) bond motifs is 1.